The van der Waals surface area contributed by atoms with Crippen molar-refractivity contribution in [2.45, 2.75) is 0 Å². The van der Waals surface area contributed by atoms with Crippen molar-refractivity contribution in [1.29, 1.82) is 0 Å². The van der Waals surface area contributed by atoms with Gasteiger partial charge in [0, 0.05) is 11.8 Å². The molecule has 0 aromatic rings. The lowest BCUT2D eigenvalue weighted by Crippen LogP contribution is -2.32. The lowest BCUT2D eigenvalue weighted by molar-refractivity contribution is -0.150. The summed E-state index contributed by atoms with van der Waals surface area (Å²) in [6.07, 6.45) is 0. The zero-order valence-electron chi connectivity index (χ0n) is 14.5. The number of rotatable bonds is 4. The number of aliphatic hydroxyl groups is 2. The lowest BCUT2D eigenvalue weighted by atomic mass is 9.81. The Labute approximate surface area is 148 Å². The molecule has 0 radical (unpaired) electrons. The van der Waals surface area contributed by atoms with Gasteiger partial charge in [-0.2, -0.15) is 0 Å². The minimum atomic E-state index is -1.50. The van der Waals surface area contributed by atoms with Crippen LogP contribution in [0.2, 0.25) is 0 Å². The zero-order valence-corrected chi connectivity index (χ0v) is 14.5. The highest BCUT2D eigenvalue weighted by atomic mass is 16.5. The van der Waals surface area contributed by atoms with E-state index in [1.165, 1.54) is 0 Å². The number of carbonyl (C=O) groups excluding carboxylic acids is 4. The van der Waals surface area contributed by atoms with Crippen LogP contribution in [0.15, 0.2) is 22.7 Å². The largest absolute Gasteiger partial charge is 0.511 e. The quantitative estimate of drug-likeness (QED) is 0.503. The highest BCUT2D eigenvalue weighted by molar-refractivity contribution is 6.00. The van der Waals surface area contributed by atoms with Gasteiger partial charge in [-0.25, -0.2) is 9.59 Å². The Balaban J connectivity index is 2.74. The molecule has 0 saturated heterocycles. The van der Waals surface area contributed by atoms with E-state index in [9.17, 15) is 29.4 Å². The first-order valence-corrected chi connectivity index (χ1v) is 7.45. The van der Waals surface area contributed by atoms with Gasteiger partial charge in [0.05, 0.1) is 39.6 Å². The van der Waals surface area contributed by atoms with Gasteiger partial charge in [-0.15, -0.1) is 0 Å². The number of carbonyl (C=O) groups is 4. The standard InChI is InChI=1S/C16H18O10/c1-23-13(19)7-5-6(9(11(7)17)15(21)25-3)10(16(22)26-4)12(18)8(5)14(20)24-2/h5-7,10,17-18H,1-4H3/t5-,6+,7+,10+/m1/s1. The molecule has 0 unspecified atom stereocenters. The monoisotopic (exact) mass is 370 g/mol. The van der Waals surface area contributed by atoms with Gasteiger partial charge in [-0.3, -0.25) is 9.59 Å². The molecule has 2 N–H and O–H groups in total. The molecule has 0 fully saturated rings. The first-order chi connectivity index (χ1) is 12.3. The summed E-state index contributed by atoms with van der Waals surface area (Å²) in [5.41, 5.74) is -0.817. The van der Waals surface area contributed by atoms with Crippen LogP contribution in [-0.2, 0) is 38.1 Å². The fourth-order valence-corrected chi connectivity index (χ4v) is 3.60. The highest BCUT2D eigenvalue weighted by Gasteiger charge is 2.63. The molecule has 4 atom stereocenters. The molecule has 26 heavy (non-hydrogen) atoms. The highest BCUT2D eigenvalue weighted by Crippen LogP contribution is 2.56. The van der Waals surface area contributed by atoms with Crippen LogP contribution in [0.4, 0.5) is 0 Å². The van der Waals surface area contributed by atoms with E-state index in [1.54, 1.807) is 0 Å². The summed E-state index contributed by atoms with van der Waals surface area (Å²) in [5, 5.41) is 20.9. The summed E-state index contributed by atoms with van der Waals surface area (Å²) in [5.74, 6) is -10.8. The number of esters is 4. The lowest BCUT2D eigenvalue weighted by Gasteiger charge is -2.21. The van der Waals surface area contributed by atoms with E-state index in [1.807, 2.05) is 0 Å². The molecule has 2 aliphatic rings. The van der Waals surface area contributed by atoms with Gasteiger partial charge in [0.1, 0.15) is 23.4 Å². The third-order valence-electron chi connectivity index (χ3n) is 4.63. The van der Waals surface area contributed by atoms with Crippen molar-refractivity contribution in [3.63, 3.8) is 0 Å². The topological polar surface area (TPSA) is 146 Å². The fourth-order valence-electron chi connectivity index (χ4n) is 3.60. The molecule has 10 nitrogen and oxygen atoms in total. The van der Waals surface area contributed by atoms with E-state index in [4.69, 9.17) is 0 Å². The molecule has 10 heteroatoms. The van der Waals surface area contributed by atoms with E-state index < -0.39 is 70.2 Å². The van der Waals surface area contributed by atoms with Crippen LogP contribution in [0.25, 0.3) is 0 Å². The maximum absolute atomic E-state index is 12.2. The van der Waals surface area contributed by atoms with Crippen LogP contribution in [0.1, 0.15) is 0 Å². The second-order valence-electron chi connectivity index (χ2n) is 5.63. The predicted molar refractivity (Wildman–Crippen MR) is 81.3 cm³/mol. The molecule has 2 rings (SSSR count). The number of hydrogen-bond acceptors (Lipinski definition) is 10. The molecule has 142 valence electrons. The molecule has 0 spiro atoms. The van der Waals surface area contributed by atoms with E-state index in [0.29, 0.717) is 0 Å². The number of ether oxygens (including phenoxy) is 4. The molecule has 2 aliphatic carbocycles. The summed E-state index contributed by atoms with van der Waals surface area (Å²) in [6, 6.07) is 0. The van der Waals surface area contributed by atoms with Gasteiger partial charge in [-0.05, 0) is 0 Å². The zero-order chi connectivity index (χ0) is 19.8. The van der Waals surface area contributed by atoms with Gasteiger partial charge in [0.15, 0.2) is 0 Å². The van der Waals surface area contributed by atoms with Gasteiger partial charge in [0.2, 0.25) is 0 Å². The van der Waals surface area contributed by atoms with Crippen LogP contribution in [0.3, 0.4) is 0 Å². The van der Waals surface area contributed by atoms with Crippen LogP contribution in [-0.4, -0.2) is 62.5 Å². The van der Waals surface area contributed by atoms with Crippen molar-refractivity contribution in [3.8, 4) is 0 Å². The average molecular weight is 370 g/mol. The van der Waals surface area contributed by atoms with Crippen LogP contribution in [0.5, 0.6) is 0 Å². The van der Waals surface area contributed by atoms with E-state index >= 15 is 0 Å². The molecule has 0 heterocycles. The Hall–Kier alpha value is -3.04. The normalized spacial score (nSPS) is 27.1. The third kappa shape index (κ3) is 2.57. The minimum absolute atomic E-state index is 0.409. The Bertz CT molecular complexity index is 669. The molecule has 0 saturated carbocycles. The minimum Gasteiger partial charge on any atom is -0.511 e. The van der Waals surface area contributed by atoms with Crippen molar-refractivity contribution >= 4 is 23.9 Å². The SMILES string of the molecule is COC(=O)C1=C(O)[C@@H](C(=O)OC)[C@@H]2C(C(=O)OC)=C(O)[C@@H](C(=O)OC)[C@H]12. The van der Waals surface area contributed by atoms with Crippen LogP contribution in [0, 0.1) is 23.7 Å². The van der Waals surface area contributed by atoms with Gasteiger partial charge < -0.3 is 29.2 Å². The van der Waals surface area contributed by atoms with Gasteiger partial charge >= 0.3 is 23.9 Å². The first kappa shape index (κ1) is 19.3. The Morgan fingerprint density at radius 1 is 0.654 bits per heavy atom. The third-order valence-corrected chi connectivity index (χ3v) is 4.63. The first-order valence-electron chi connectivity index (χ1n) is 7.45. The maximum Gasteiger partial charge on any atom is 0.337 e. The smallest absolute Gasteiger partial charge is 0.337 e. The number of methoxy groups -OCH3 is 4. The van der Waals surface area contributed by atoms with E-state index in [0.717, 1.165) is 28.4 Å². The molecule has 0 bridgehead atoms. The Morgan fingerprint density at radius 3 is 1.19 bits per heavy atom. The number of fused-ring (bicyclic) bond motifs is 1. The summed E-state index contributed by atoms with van der Waals surface area (Å²) in [6.45, 7) is 0. The fraction of sp³-hybridized carbons (Fsp3) is 0.500. The summed E-state index contributed by atoms with van der Waals surface area (Å²) < 4.78 is 18.5. The van der Waals surface area contributed by atoms with Crippen molar-refractivity contribution in [2.75, 3.05) is 28.4 Å². The van der Waals surface area contributed by atoms with Crippen molar-refractivity contribution in [2.24, 2.45) is 23.7 Å². The molecule has 0 aromatic carbocycles. The van der Waals surface area contributed by atoms with E-state index in [-0.39, 0.29) is 0 Å². The summed E-state index contributed by atoms with van der Waals surface area (Å²) in [7, 11) is 4.18. The van der Waals surface area contributed by atoms with Crippen LogP contribution >= 0.6 is 0 Å². The molecular formula is C16H18O10. The number of aliphatic hydroxyl groups excluding tert-OH is 2. The summed E-state index contributed by atoms with van der Waals surface area (Å²) in [4.78, 5) is 48.7. The van der Waals surface area contributed by atoms with Crippen molar-refractivity contribution < 1.29 is 48.3 Å². The maximum atomic E-state index is 12.2. The number of hydrogen-bond donors (Lipinski definition) is 2. The predicted octanol–water partition coefficient (Wildman–Crippen LogP) is -0.205. The van der Waals surface area contributed by atoms with Crippen molar-refractivity contribution in [3.05, 3.63) is 22.7 Å². The second kappa shape index (κ2) is 7.06. The molecule has 0 amide bonds. The summed E-state index contributed by atoms with van der Waals surface area (Å²) >= 11 is 0. The Kier molecular flexibility index (Phi) is 5.24. The van der Waals surface area contributed by atoms with Crippen molar-refractivity contribution in [1.82, 2.24) is 0 Å². The van der Waals surface area contributed by atoms with Gasteiger partial charge in [0.25, 0.3) is 0 Å². The average Bonchev–Trinajstić information content (AvgIpc) is 3.08. The van der Waals surface area contributed by atoms with Gasteiger partial charge in [-0.1, -0.05) is 0 Å². The molecule has 0 aromatic heterocycles. The van der Waals surface area contributed by atoms with E-state index in [2.05, 4.69) is 18.9 Å². The molecular weight excluding hydrogens is 352 g/mol. The second-order valence-corrected chi connectivity index (χ2v) is 5.63. The molecule has 0 aliphatic heterocycles. The Morgan fingerprint density at radius 2 is 0.962 bits per heavy atom. The van der Waals surface area contributed by atoms with Crippen LogP contribution < -0.4 is 0 Å².